The first-order valence-electron chi connectivity index (χ1n) is 6.69. The molecule has 19 heavy (non-hydrogen) atoms. The van der Waals surface area contributed by atoms with E-state index in [4.69, 9.17) is 10.2 Å². The van der Waals surface area contributed by atoms with Gasteiger partial charge >= 0.3 is 5.97 Å². The van der Waals surface area contributed by atoms with E-state index < -0.39 is 11.9 Å². The summed E-state index contributed by atoms with van der Waals surface area (Å²) in [4.78, 5) is 13.1. The van der Waals surface area contributed by atoms with Crippen molar-refractivity contribution in [2.45, 2.75) is 26.3 Å². The van der Waals surface area contributed by atoms with Gasteiger partial charge in [0.2, 0.25) is 0 Å². The summed E-state index contributed by atoms with van der Waals surface area (Å²) >= 11 is 0. The predicted molar refractivity (Wildman–Crippen MR) is 74.9 cm³/mol. The summed E-state index contributed by atoms with van der Waals surface area (Å²) in [6.07, 6.45) is 0.656. The number of rotatable bonds is 8. The number of hydrogen-bond acceptors (Lipinski definition) is 3. The van der Waals surface area contributed by atoms with Crippen molar-refractivity contribution < 1.29 is 15.0 Å². The normalized spacial score (nSPS) is 14.3. The Kier molecular flexibility index (Phi) is 6.53. The lowest BCUT2D eigenvalue weighted by molar-refractivity contribution is -0.141. The van der Waals surface area contributed by atoms with Gasteiger partial charge in [-0.1, -0.05) is 37.3 Å². The molecule has 0 aliphatic rings. The summed E-state index contributed by atoms with van der Waals surface area (Å²) in [5.74, 6) is -1.20. The maximum absolute atomic E-state index is 11.0. The van der Waals surface area contributed by atoms with E-state index in [2.05, 4.69) is 11.8 Å². The fraction of sp³-hybridized carbons (Fsp3) is 0.533. The molecule has 106 valence electrons. The Hall–Kier alpha value is -1.39. The van der Waals surface area contributed by atoms with E-state index in [1.807, 2.05) is 30.3 Å². The molecule has 0 fully saturated rings. The van der Waals surface area contributed by atoms with Crippen LogP contribution < -0.4 is 0 Å². The van der Waals surface area contributed by atoms with Crippen molar-refractivity contribution in [1.29, 1.82) is 0 Å². The molecular weight excluding hydrogens is 242 g/mol. The van der Waals surface area contributed by atoms with Crippen LogP contribution in [0.1, 0.15) is 31.9 Å². The molecule has 0 aliphatic heterocycles. The molecule has 0 saturated carbocycles. The van der Waals surface area contributed by atoms with E-state index in [0.717, 1.165) is 5.56 Å². The van der Waals surface area contributed by atoms with Gasteiger partial charge in [-0.2, -0.15) is 0 Å². The molecule has 0 saturated heterocycles. The van der Waals surface area contributed by atoms with Crippen molar-refractivity contribution in [3.8, 4) is 0 Å². The third kappa shape index (κ3) is 5.01. The first kappa shape index (κ1) is 15.7. The number of carboxylic acid groups (broad SMARTS) is 1. The highest BCUT2D eigenvalue weighted by Gasteiger charge is 2.21. The molecule has 2 N–H and O–H groups in total. The molecule has 0 aromatic heterocycles. The van der Waals surface area contributed by atoms with Crippen LogP contribution in [0.3, 0.4) is 0 Å². The summed E-state index contributed by atoms with van der Waals surface area (Å²) in [5.41, 5.74) is 1.16. The van der Waals surface area contributed by atoms with Gasteiger partial charge in [-0.15, -0.1) is 0 Å². The molecule has 4 nitrogen and oxygen atoms in total. The summed E-state index contributed by atoms with van der Waals surface area (Å²) in [7, 11) is 0. The summed E-state index contributed by atoms with van der Waals surface area (Å²) in [5, 5.41) is 18.0. The highest BCUT2D eigenvalue weighted by atomic mass is 16.4. The van der Waals surface area contributed by atoms with E-state index in [1.54, 1.807) is 6.92 Å². The minimum Gasteiger partial charge on any atom is -0.481 e. The zero-order chi connectivity index (χ0) is 14.3. The van der Waals surface area contributed by atoms with Crippen LogP contribution in [0.25, 0.3) is 0 Å². The highest BCUT2D eigenvalue weighted by Crippen LogP contribution is 2.21. The Morgan fingerprint density at radius 2 is 1.89 bits per heavy atom. The Balaban J connectivity index is 2.75. The van der Waals surface area contributed by atoms with Crippen LogP contribution in [-0.2, 0) is 4.79 Å². The van der Waals surface area contributed by atoms with Gasteiger partial charge in [-0.05, 0) is 18.9 Å². The fourth-order valence-electron chi connectivity index (χ4n) is 2.09. The zero-order valence-corrected chi connectivity index (χ0v) is 11.6. The molecule has 1 aromatic carbocycles. The summed E-state index contributed by atoms with van der Waals surface area (Å²) in [6, 6.07) is 10.2. The summed E-state index contributed by atoms with van der Waals surface area (Å²) in [6.45, 7) is 5.10. The lowest BCUT2D eigenvalue weighted by atomic mass is 10.0. The maximum Gasteiger partial charge on any atom is 0.307 e. The Bertz CT molecular complexity index is 380. The Morgan fingerprint density at radius 1 is 1.26 bits per heavy atom. The second-order valence-corrected chi connectivity index (χ2v) is 4.90. The number of aliphatic hydroxyl groups excluding tert-OH is 1. The SMILES string of the molecule is CC(CN(CCCO)C(C)c1ccccc1)C(=O)O. The molecule has 2 unspecified atom stereocenters. The van der Waals surface area contributed by atoms with Gasteiger partial charge in [0.25, 0.3) is 0 Å². The maximum atomic E-state index is 11.0. The van der Waals surface area contributed by atoms with Crippen LogP contribution in [-0.4, -0.2) is 40.8 Å². The van der Waals surface area contributed by atoms with Crippen molar-refractivity contribution in [3.63, 3.8) is 0 Å². The quantitative estimate of drug-likeness (QED) is 0.756. The molecule has 0 bridgehead atoms. The molecule has 4 heteroatoms. The lowest BCUT2D eigenvalue weighted by Crippen LogP contribution is -2.35. The Labute approximate surface area is 114 Å². The molecule has 0 amide bonds. The lowest BCUT2D eigenvalue weighted by Gasteiger charge is -2.30. The molecule has 0 spiro atoms. The molecule has 1 rings (SSSR count). The van der Waals surface area contributed by atoms with Crippen LogP contribution in [0.4, 0.5) is 0 Å². The van der Waals surface area contributed by atoms with E-state index in [0.29, 0.717) is 19.5 Å². The molecule has 1 aromatic rings. The Morgan fingerprint density at radius 3 is 2.42 bits per heavy atom. The number of hydrogen-bond donors (Lipinski definition) is 2. The van der Waals surface area contributed by atoms with Gasteiger partial charge in [0.1, 0.15) is 0 Å². The molecule has 0 aliphatic carbocycles. The van der Waals surface area contributed by atoms with Crippen LogP contribution in [0, 0.1) is 5.92 Å². The molecule has 0 radical (unpaired) electrons. The minimum atomic E-state index is -0.783. The average Bonchev–Trinajstić information content (AvgIpc) is 2.43. The average molecular weight is 265 g/mol. The van der Waals surface area contributed by atoms with Crippen molar-refractivity contribution in [2.24, 2.45) is 5.92 Å². The second kappa shape index (κ2) is 7.92. The molecular formula is C15H23NO3. The largest absolute Gasteiger partial charge is 0.481 e. The van der Waals surface area contributed by atoms with E-state index in [1.165, 1.54) is 0 Å². The topological polar surface area (TPSA) is 60.8 Å². The van der Waals surface area contributed by atoms with Gasteiger partial charge in [0.15, 0.2) is 0 Å². The van der Waals surface area contributed by atoms with Gasteiger partial charge in [-0.25, -0.2) is 0 Å². The van der Waals surface area contributed by atoms with Crippen LogP contribution in [0.15, 0.2) is 30.3 Å². The predicted octanol–water partition coefficient (Wildman–Crippen LogP) is 2.15. The fourth-order valence-corrected chi connectivity index (χ4v) is 2.09. The zero-order valence-electron chi connectivity index (χ0n) is 11.6. The van der Waals surface area contributed by atoms with E-state index in [9.17, 15) is 4.79 Å². The van der Waals surface area contributed by atoms with Crippen molar-refractivity contribution in [1.82, 2.24) is 4.90 Å². The number of aliphatic hydroxyl groups is 1. The van der Waals surface area contributed by atoms with Gasteiger partial charge in [-0.3, -0.25) is 9.69 Å². The van der Waals surface area contributed by atoms with Crippen molar-refractivity contribution in [3.05, 3.63) is 35.9 Å². The molecule has 0 heterocycles. The van der Waals surface area contributed by atoms with Crippen molar-refractivity contribution >= 4 is 5.97 Å². The number of carbonyl (C=O) groups is 1. The van der Waals surface area contributed by atoms with Crippen molar-refractivity contribution in [2.75, 3.05) is 19.7 Å². The van der Waals surface area contributed by atoms with Crippen LogP contribution >= 0.6 is 0 Å². The number of benzene rings is 1. The second-order valence-electron chi connectivity index (χ2n) is 4.90. The third-order valence-electron chi connectivity index (χ3n) is 3.36. The van der Waals surface area contributed by atoms with E-state index >= 15 is 0 Å². The third-order valence-corrected chi connectivity index (χ3v) is 3.36. The first-order valence-corrected chi connectivity index (χ1v) is 6.69. The standard InChI is InChI=1S/C15H23NO3/c1-12(15(18)19)11-16(9-6-10-17)13(2)14-7-4-3-5-8-14/h3-5,7-8,12-13,17H,6,9-11H2,1-2H3,(H,18,19). The highest BCUT2D eigenvalue weighted by molar-refractivity contribution is 5.69. The van der Waals surface area contributed by atoms with Gasteiger partial charge in [0, 0.05) is 25.7 Å². The number of carboxylic acids is 1. The summed E-state index contributed by atoms with van der Waals surface area (Å²) < 4.78 is 0. The van der Waals surface area contributed by atoms with E-state index in [-0.39, 0.29) is 12.6 Å². The number of aliphatic carboxylic acids is 1. The minimum absolute atomic E-state index is 0.124. The van der Waals surface area contributed by atoms with Gasteiger partial charge in [0.05, 0.1) is 5.92 Å². The van der Waals surface area contributed by atoms with Gasteiger partial charge < -0.3 is 10.2 Å². The molecule has 2 atom stereocenters. The van der Waals surface area contributed by atoms with Crippen LogP contribution in [0.5, 0.6) is 0 Å². The smallest absolute Gasteiger partial charge is 0.307 e. The van der Waals surface area contributed by atoms with Crippen LogP contribution in [0.2, 0.25) is 0 Å². The monoisotopic (exact) mass is 265 g/mol. The first-order chi connectivity index (χ1) is 9.06. The number of nitrogens with zero attached hydrogens (tertiary/aromatic N) is 1.